The number of para-hydroxylation sites is 2. The van der Waals surface area contributed by atoms with Crippen LogP contribution in [0, 0.1) is 0 Å². The molecular formula is C11H12N4O. The second-order valence-electron chi connectivity index (χ2n) is 3.74. The lowest BCUT2D eigenvalue weighted by Gasteiger charge is -2.28. The average molecular weight is 216 g/mol. The van der Waals surface area contributed by atoms with Crippen LogP contribution in [0.2, 0.25) is 0 Å². The van der Waals surface area contributed by atoms with Gasteiger partial charge in [-0.2, -0.15) is 5.10 Å². The molecule has 0 bridgehead atoms. The fraction of sp³-hybridized carbons (Fsp3) is 0.273. The molecule has 1 aliphatic rings. The van der Waals surface area contributed by atoms with Gasteiger partial charge in [-0.15, -0.1) is 0 Å². The van der Waals surface area contributed by atoms with Crippen molar-refractivity contribution in [3.63, 3.8) is 0 Å². The predicted molar refractivity (Wildman–Crippen MR) is 59.6 cm³/mol. The molecule has 1 N–H and O–H groups in total. The predicted octanol–water partition coefficient (Wildman–Crippen LogP) is 1.08. The van der Waals surface area contributed by atoms with E-state index in [1.54, 1.807) is 11.0 Å². The normalized spacial score (nSPS) is 15.8. The van der Waals surface area contributed by atoms with Crippen molar-refractivity contribution in [1.82, 2.24) is 14.8 Å². The SMILES string of the molecule is c1ccc(-n2cncn2)c(NC2COC2)c1. The Morgan fingerprint density at radius 1 is 1.31 bits per heavy atom. The second-order valence-corrected chi connectivity index (χ2v) is 3.74. The third-order valence-electron chi connectivity index (χ3n) is 2.57. The molecule has 2 aromatic rings. The van der Waals surface area contributed by atoms with Crippen molar-refractivity contribution in [2.45, 2.75) is 6.04 Å². The summed E-state index contributed by atoms with van der Waals surface area (Å²) in [5, 5.41) is 7.55. The van der Waals surface area contributed by atoms with E-state index in [2.05, 4.69) is 15.4 Å². The Labute approximate surface area is 93.1 Å². The molecule has 1 saturated heterocycles. The van der Waals surface area contributed by atoms with E-state index in [-0.39, 0.29) is 0 Å². The van der Waals surface area contributed by atoms with E-state index in [4.69, 9.17) is 4.74 Å². The Hall–Kier alpha value is -1.88. The number of aromatic nitrogens is 3. The van der Waals surface area contributed by atoms with Gasteiger partial charge in [0.2, 0.25) is 0 Å². The Morgan fingerprint density at radius 3 is 2.88 bits per heavy atom. The molecule has 0 unspecified atom stereocenters. The minimum atomic E-state index is 0.407. The van der Waals surface area contributed by atoms with Crippen LogP contribution in [0.5, 0.6) is 0 Å². The number of anilines is 1. The smallest absolute Gasteiger partial charge is 0.138 e. The van der Waals surface area contributed by atoms with Crippen LogP contribution in [-0.4, -0.2) is 34.0 Å². The Bertz CT molecular complexity index is 465. The highest BCUT2D eigenvalue weighted by atomic mass is 16.5. The first-order valence-corrected chi connectivity index (χ1v) is 5.22. The van der Waals surface area contributed by atoms with Gasteiger partial charge in [0.25, 0.3) is 0 Å². The second kappa shape index (κ2) is 3.94. The highest BCUT2D eigenvalue weighted by molar-refractivity contribution is 5.61. The maximum Gasteiger partial charge on any atom is 0.138 e. The van der Waals surface area contributed by atoms with Gasteiger partial charge in [-0.05, 0) is 12.1 Å². The van der Waals surface area contributed by atoms with Crippen LogP contribution in [0.25, 0.3) is 5.69 Å². The quantitative estimate of drug-likeness (QED) is 0.834. The third-order valence-corrected chi connectivity index (χ3v) is 2.57. The van der Waals surface area contributed by atoms with Gasteiger partial charge in [-0.3, -0.25) is 0 Å². The van der Waals surface area contributed by atoms with Crippen molar-refractivity contribution in [1.29, 1.82) is 0 Å². The van der Waals surface area contributed by atoms with Crippen molar-refractivity contribution in [2.75, 3.05) is 18.5 Å². The summed E-state index contributed by atoms with van der Waals surface area (Å²) in [4.78, 5) is 3.95. The molecule has 5 heteroatoms. The Morgan fingerprint density at radius 2 is 2.19 bits per heavy atom. The lowest BCUT2D eigenvalue weighted by Crippen LogP contribution is -2.40. The highest BCUT2D eigenvalue weighted by Gasteiger charge is 2.19. The molecule has 1 fully saturated rings. The maximum atomic E-state index is 5.14. The minimum Gasteiger partial charge on any atom is -0.377 e. The lowest BCUT2D eigenvalue weighted by molar-refractivity contribution is 0.0211. The van der Waals surface area contributed by atoms with E-state index in [0.717, 1.165) is 24.6 Å². The molecular weight excluding hydrogens is 204 g/mol. The number of hydrogen-bond donors (Lipinski definition) is 1. The van der Waals surface area contributed by atoms with Crippen LogP contribution in [0.15, 0.2) is 36.9 Å². The Balaban J connectivity index is 1.91. The molecule has 1 aliphatic heterocycles. The summed E-state index contributed by atoms with van der Waals surface area (Å²) < 4.78 is 6.89. The summed E-state index contributed by atoms with van der Waals surface area (Å²) in [7, 11) is 0. The van der Waals surface area contributed by atoms with Crippen LogP contribution in [0.1, 0.15) is 0 Å². The van der Waals surface area contributed by atoms with Gasteiger partial charge >= 0.3 is 0 Å². The van der Waals surface area contributed by atoms with E-state index in [1.807, 2.05) is 24.3 Å². The monoisotopic (exact) mass is 216 g/mol. The average Bonchev–Trinajstić information content (AvgIpc) is 2.77. The van der Waals surface area contributed by atoms with Gasteiger partial charge in [-0.1, -0.05) is 12.1 Å². The van der Waals surface area contributed by atoms with Crippen LogP contribution >= 0.6 is 0 Å². The highest BCUT2D eigenvalue weighted by Crippen LogP contribution is 2.20. The number of nitrogens with one attached hydrogen (secondary N) is 1. The molecule has 82 valence electrons. The lowest BCUT2D eigenvalue weighted by atomic mass is 10.2. The number of hydrogen-bond acceptors (Lipinski definition) is 4. The zero-order chi connectivity index (χ0) is 10.8. The van der Waals surface area contributed by atoms with Crippen LogP contribution < -0.4 is 5.32 Å². The Kier molecular flexibility index (Phi) is 2.30. The zero-order valence-electron chi connectivity index (χ0n) is 8.71. The summed E-state index contributed by atoms with van der Waals surface area (Å²) in [5.41, 5.74) is 2.06. The first kappa shape index (κ1) is 9.35. The van der Waals surface area contributed by atoms with Crippen molar-refractivity contribution in [3.8, 4) is 5.69 Å². The van der Waals surface area contributed by atoms with E-state index < -0.39 is 0 Å². The first-order valence-electron chi connectivity index (χ1n) is 5.22. The van der Waals surface area contributed by atoms with E-state index in [0.29, 0.717) is 6.04 Å². The number of nitrogens with zero attached hydrogens (tertiary/aromatic N) is 3. The number of ether oxygens (including phenoxy) is 1. The molecule has 16 heavy (non-hydrogen) atoms. The van der Waals surface area contributed by atoms with Gasteiger partial charge in [0.05, 0.1) is 30.6 Å². The van der Waals surface area contributed by atoms with Gasteiger partial charge in [0.15, 0.2) is 0 Å². The molecule has 0 aliphatic carbocycles. The summed E-state index contributed by atoms with van der Waals surface area (Å²) in [6.45, 7) is 1.54. The third kappa shape index (κ3) is 1.65. The molecule has 0 atom stereocenters. The molecule has 1 aromatic heterocycles. The number of rotatable bonds is 3. The standard InChI is InChI=1S/C11H12N4O/c1-2-4-11(15-8-12-7-13-15)10(3-1)14-9-5-16-6-9/h1-4,7-9,14H,5-6H2. The molecule has 5 nitrogen and oxygen atoms in total. The van der Waals surface area contributed by atoms with E-state index >= 15 is 0 Å². The fourth-order valence-electron chi connectivity index (χ4n) is 1.67. The van der Waals surface area contributed by atoms with E-state index in [1.165, 1.54) is 6.33 Å². The fourth-order valence-corrected chi connectivity index (χ4v) is 1.67. The van der Waals surface area contributed by atoms with E-state index in [9.17, 15) is 0 Å². The van der Waals surface area contributed by atoms with Crippen LogP contribution in [0.3, 0.4) is 0 Å². The zero-order valence-corrected chi connectivity index (χ0v) is 8.71. The topological polar surface area (TPSA) is 52.0 Å². The first-order chi connectivity index (χ1) is 7.93. The molecule has 3 rings (SSSR count). The molecule has 0 radical (unpaired) electrons. The summed E-state index contributed by atoms with van der Waals surface area (Å²) >= 11 is 0. The molecule has 0 saturated carbocycles. The van der Waals surface area contributed by atoms with Gasteiger partial charge < -0.3 is 10.1 Å². The number of benzene rings is 1. The largest absolute Gasteiger partial charge is 0.377 e. The van der Waals surface area contributed by atoms with Crippen molar-refractivity contribution >= 4 is 5.69 Å². The van der Waals surface area contributed by atoms with Crippen LogP contribution in [0.4, 0.5) is 5.69 Å². The molecule has 1 aromatic carbocycles. The summed E-state index contributed by atoms with van der Waals surface area (Å²) in [6, 6.07) is 8.44. The molecule has 0 spiro atoms. The maximum absolute atomic E-state index is 5.14. The van der Waals surface area contributed by atoms with Crippen molar-refractivity contribution in [3.05, 3.63) is 36.9 Å². The van der Waals surface area contributed by atoms with Crippen molar-refractivity contribution in [2.24, 2.45) is 0 Å². The summed E-state index contributed by atoms with van der Waals surface area (Å²) in [6.07, 6.45) is 3.22. The van der Waals surface area contributed by atoms with Crippen molar-refractivity contribution < 1.29 is 4.74 Å². The van der Waals surface area contributed by atoms with Gasteiger partial charge in [0, 0.05) is 0 Å². The molecule has 0 amide bonds. The van der Waals surface area contributed by atoms with Crippen LogP contribution in [-0.2, 0) is 4.74 Å². The summed E-state index contributed by atoms with van der Waals surface area (Å²) in [5.74, 6) is 0. The molecule has 2 heterocycles. The van der Waals surface area contributed by atoms with Gasteiger partial charge in [-0.25, -0.2) is 9.67 Å². The van der Waals surface area contributed by atoms with Gasteiger partial charge in [0.1, 0.15) is 12.7 Å². The minimum absolute atomic E-state index is 0.407.